The summed E-state index contributed by atoms with van der Waals surface area (Å²) in [6, 6.07) is 8.22. The molecule has 0 aliphatic carbocycles. The van der Waals surface area contributed by atoms with Crippen molar-refractivity contribution in [1.82, 2.24) is 15.3 Å². The molecule has 2 N–H and O–H groups in total. The molecule has 25 heavy (non-hydrogen) atoms. The second-order valence-electron chi connectivity index (χ2n) is 5.52. The summed E-state index contributed by atoms with van der Waals surface area (Å²) in [7, 11) is 0. The number of nitrogens with one attached hydrogen (secondary N) is 2. The zero-order valence-corrected chi connectivity index (χ0v) is 13.7. The van der Waals surface area contributed by atoms with Crippen LogP contribution in [0.1, 0.15) is 41.1 Å². The molecule has 4 nitrogen and oxygen atoms in total. The van der Waals surface area contributed by atoms with Crippen LogP contribution in [0.5, 0.6) is 0 Å². The molecule has 1 unspecified atom stereocenters. The van der Waals surface area contributed by atoms with Crippen molar-refractivity contribution in [3.63, 3.8) is 0 Å². The topological polar surface area (TPSA) is 57.8 Å². The highest BCUT2D eigenvalue weighted by Gasteiger charge is 2.16. The molecule has 2 aromatic carbocycles. The van der Waals surface area contributed by atoms with Gasteiger partial charge in [-0.2, -0.15) is 0 Å². The number of carbonyl (C=O) groups excluding carboxylic acids is 1. The minimum Gasteiger partial charge on any atom is -0.346 e. The van der Waals surface area contributed by atoms with Gasteiger partial charge in [0.15, 0.2) is 5.82 Å². The van der Waals surface area contributed by atoms with Gasteiger partial charge in [0.05, 0.1) is 22.1 Å². The van der Waals surface area contributed by atoms with E-state index >= 15 is 0 Å². The minimum atomic E-state index is -2.71. The Kier molecular flexibility index (Phi) is 4.67. The molecule has 0 aliphatic rings. The molecule has 0 saturated heterocycles. The number of carbonyl (C=O) groups is 1. The van der Waals surface area contributed by atoms with E-state index < -0.39 is 30.0 Å². The predicted octanol–water partition coefficient (Wildman–Crippen LogP) is 4.78. The van der Waals surface area contributed by atoms with Gasteiger partial charge in [0.1, 0.15) is 5.82 Å². The van der Waals surface area contributed by atoms with Crippen molar-refractivity contribution in [2.45, 2.75) is 19.4 Å². The molecule has 8 heteroatoms. The minimum absolute atomic E-state index is 0.0305. The first-order valence-corrected chi connectivity index (χ1v) is 7.76. The second kappa shape index (κ2) is 6.76. The first-order valence-electron chi connectivity index (χ1n) is 7.39. The van der Waals surface area contributed by atoms with Gasteiger partial charge in [0, 0.05) is 5.56 Å². The van der Waals surface area contributed by atoms with Gasteiger partial charge in [-0.25, -0.2) is 18.2 Å². The highest BCUT2D eigenvalue weighted by Crippen LogP contribution is 2.23. The number of fused-ring (bicyclic) bond motifs is 1. The van der Waals surface area contributed by atoms with E-state index in [0.717, 1.165) is 0 Å². The van der Waals surface area contributed by atoms with Crippen LogP contribution in [-0.4, -0.2) is 15.9 Å². The van der Waals surface area contributed by atoms with Crippen molar-refractivity contribution in [1.29, 1.82) is 0 Å². The third-order valence-corrected chi connectivity index (χ3v) is 4.05. The Morgan fingerprint density at radius 3 is 2.68 bits per heavy atom. The number of amides is 1. The lowest BCUT2D eigenvalue weighted by Crippen LogP contribution is -2.26. The number of hydrogen-bond acceptors (Lipinski definition) is 2. The van der Waals surface area contributed by atoms with Crippen LogP contribution in [0.4, 0.5) is 13.2 Å². The first kappa shape index (κ1) is 17.3. The number of rotatable bonds is 4. The summed E-state index contributed by atoms with van der Waals surface area (Å²) in [5.41, 5.74) is 1.63. The summed E-state index contributed by atoms with van der Waals surface area (Å²) in [5, 5.41) is 2.72. The molecule has 0 fully saturated rings. The van der Waals surface area contributed by atoms with Gasteiger partial charge < -0.3 is 10.3 Å². The third-order valence-electron chi connectivity index (χ3n) is 3.76. The predicted molar refractivity (Wildman–Crippen MR) is 88.3 cm³/mol. The van der Waals surface area contributed by atoms with Gasteiger partial charge >= 0.3 is 0 Å². The maximum atomic E-state index is 13.2. The van der Waals surface area contributed by atoms with Crippen LogP contribution in [-0.2, 0) is 0 Å². The van der Waals surface area contributed by atoms with E-state index in [2.05, 4.69) is 15.3 Å². The summed E-state index contributed by atoms with van der Waals surface area (Å²) in [6.07, 6.45) is -2.71. The molecule has 3 rings (SSSR count). The molecule has 1 amide bonds. The van der Waals surface area contributed by atoms with E-state index in [1.165, 1.54) is 36.4 Å². The number of benzene rings is 2. The van der Waals surface area contributed by atoms with Crippen LogP contribution in [0.2, 0.25) is 5.02 Å². The van der Waals surface area contributed by atoms with Crippen molar-refractivity contribution in [3.05, 3.63) is 64.2 Å². The molecule has 0 spiro atoms. The molecule has 1 atom stereocenters. The lowest BCUT2D eigenvalue weighted by Gasteiger charge is -2.15. The molecule has 1 heterocycles. The average molecular weight is 368 g/mol. The first-order chi connectivity index (χ1) is 11.8. The summed E-state index contributed by atoms with van der Waals surface area (Å²) >= 11 is 5.74. The van der Waals surface area contributed by atoms with Crippen LogP contribution in [0, 0.1) is 5.82 Å². The maximum Gasteiger partial charge on any atom is 0.295 e. The molecular weight excluding hydrogens is 355 g/mol. The van der Waals surface area contributed by atoms with Crippen molar-refractivity contribution in [3.8, 4) is 0 Å². The van der Waals surface area contributed by atoms with Gasteiger partial charge in [-0.1, -0.05) is 17.7 Å². The van der Waals surface area contributed by atoms with E-state index in [1.54, 1.807) is 6.92 Å². The van der Waals surface area contributed by atoms with Crippen molar-refractivity contribution < 1.29 is 18.0 Å². The summed E-state index contributed by atoms with van der Waals surface area (Å²) in [6.45, 7) is 1.73. The Labute approximate surface area is 146 Å². The third kappa shape index (κ3) is 3.61. The van der Waals surface area contributed by atoms with Crippen molar-refractivity contribution in [2.24, 2.45) is 0 Å². The SMILES string of the molecule is CC(NC(=O)c1ccc2nc(C(F)F)[nH]c2c1)c1ccc(F)c(Cl)c1. The normalized spacial score (nSPS) is 12.6. The van der Waals surface area contributed by atoms with Crippen LogP contribution in [0.25, 0.3) is 11.0 Å². The van der Waals surface area contributed by atoms with E-state index in [1.807, 2.05) is 0 Å². The molecule has 0 saturated carbocycles. The summed E-state index contributed by atoms with van der Waals surface area (Å²) < 4.78 is 38.6. The van der Waals surface area contributed by atoms with Gasteiger partial charge in [-0.3, -0.25) is 4.79 Å². The average Bonchev–Trinajstić information content (AvgIpc) is 3.00. The monoisotopic (exact) mass is 367 g/mol. The second-order valence-corrected chi connectivity index (χ2v) is 5.93. The highest BCUT2D eigenvalue weighted by molar-refractivity contribution is 6.30. The molecule has 1 aromatic heterocycles. The quantitative estimate of drug-likeness (QED) is 0.697. The van der Waals surface area contributed by atoms with Crippen LogP contribution >= 0.6 is 11.6 Å². The molecule has 3 aromatic rings. The van der Waals surface area contributed by atoms with Crippen LogP contribution in [0.15, 0.2) is 36.4 Å². The van der Waals surface area contributed by atoms with Crippen LogP contribution in [0.3, 0.4) is 0 Å². The molecule has 0 aliphatic heterocycles. The van der Waals surface area contributed by atoms with Crippen molar-refractivity contribution in [2.75, 3.05) is 0 Å². The molecule has 0 bridgehead atoms. The Morgan fingerprint density at radius 1 is 1.24 bits per heavy atom. The lowest BCUT2D eigenvalue weighted by atomic mass is 10.1. The molecule has 0 radical (unpaired) electrons. The number of alkyl halides is 2. The van der Waals surface area contributed by atoms with Crippen LogP contribution < -0.4 is 5.32 Å². The number of hydrogen-bond donors (Lipinski definition) is 2. The van der Waals surface area contributed by atoms with E-state index in [9.17, 15) is 18.0 Å². The highest BCUT2D eigenvalue weighted by atomic mass is 35.5. The number of nitrogens with zero attached hydrogens (tertiary/aromatic N) is 1. The maximum absolute atomic E-state index is 13.2. The Bertz CT molecular complexity index is 942. The molecule has 130 valence electrons. The molecular formula is C17H13ClF3N3O. The fourth-order valence-electron chi connectivity index (χ4n) is 2.42. The Morgan fingerprint density at radius 2 is 2.00 bits per heavy atom. The Hall–Kier alpha value is -2.54. The summed E-state index contributed by atoms with van der Waals surface area (Å²) in [5.74, 6) is -1.38. The van der Waals surface area contributed by atoms with E-state index in [4.69, 9.17) is 11.6 Å². The van der Waals surface area contributed by atoms with Crippen molar-refractivity contribution >= 4 is 28.5 Å². The number of aromatic nitrogens is 2. The van der Waals surface area contributed by atoms with Gasteiger partial charge in [-0.15, -0.1) is 0 Å². The number of aromatic amines is 1. The standard InChI is InChI=1S/C17H13ClF3N3O/c1-8(9-2-4-12(19)11(18)6-9)22-17(25)10-3-5-13-14(7-10)24-16(23-13)15(20)21/h2-8,15H,1H3,(H,22,25)(H,23,24). The zero-order chi connectivity index (χ0) is 18.1. The lowest BCUT2D eigenvalue weighted by molar-refractivity contribution is 0.0940. The number of H-pyrrole nitrogens is 1. The summed E-state index contributed by atoms with van der Waals surface area (Å²) in [4.78, 5) is 18.6. The van der Waals surface area contributed by atoms with E-state index in [-0.39, 0.29) is 10.6 Å². The smallest absolute Gasteiger partial charge is 0.295 e. The largest absolute Gasteiger partial charge is 0.346 e. The van der Waals surface area contributed by atoms with E-state index in [0.29, 0.717) is 16.6 Å². The van der Waals surface area contributed by atoms with Gasteiger partial charge in [0.2, 0.25) is 0 Å². The number of halogens is 4. The Balaban J connectivity index is 1.80. The fourth-order valence-corrected chi connectivity index (χ4v) is 2.61. The van der Waals surface area contributed by atoms with Gasteiger partial charge in [0.25, 0.3) is 12.3 Å². The zero-order valence-electron chi connectivity index (χ0n) is 13.0. The fraction of sp³-hybridized carbons (Fsp3) is 0.176. The van der Waals surface area contributed by atoms with Gasteiger partial charge in [-0.05, 0) is 42.8 Å². The number of imidazole rings is 1.